The number of thiazole rings is 1. The van der Waals surface area contributed by atoms with Gasteiger partial charge in [0.25, 0.3) is 0 Å². The number of ether oxygens (including phenoxy) is 1. The van der Waals surface area contributed by atoms with Crippen LogP contribution < -0.4 is 4.74 Å². The summed E-state index contributed by atoms with van der Waals surface area (Å²) >= 11 is 7.40. The van der Waals surface area contributed by atoms with Crippen molar-refractivity contribution >= 4 is 28.9 Å². The summed E-state index contributed by atoms with van der Waals surface area (Å²) in [6.45, 7) is 4.48. The van der Waals surface area contributed by atoms with Crippen LogP contribution in [0.25, 0.3) is 0 Å². The van der Waals surface area contributed by atoms with E-state index < -0.39 is 5.97 Å². The highest BCUT2D eigenvalue weighted by atomic mass is 35.5. The average molecular weight is 312 g/mol. The Morgan fingerprint density at radius 2 is 2.25 bits per heavy atom. The standard InChI is InChI=1S/C14H14ClNO3S/c1-8(2)13-16-9(7-20-13)6-19-10-3-4-12(15)11(5-10)14(17)18/h3-5,7-8H,6H2,1-2H3,(H,17,18). The van der Waals surface area contributed by atoms with Gasteiger partial charge in [0.1, 0.15) is 12.4 Å². The Labute approximate surface area is 126 Å². The Hall–Kier alpha value is -1.59. The van der Waals surface area contributed by atoms with E-state index in [4.69, 9.17) is 21.4 Å². The second-order valence-corrected chi connectivity index (χ2v) is 5.86. The van der Waals surface area contributed by atoms with Gasteiger partial charge in [-0.15, -0.1) is 11.3 Å². The van der Waals surface area contributed by atoms with Crippen LogP contribution in [0, 0.1) is 0 Å². The number of aromatic carboxylic acids is 1. The van der Waals surface area contributed by atoms with Crippen LogP contribution in [0.1, 0.15) is 40.8 Å². The van der Waals surface area contributed by atoms with Gasteiger partial charge in [-0.05, 0) is 18.2 Å². The van der Waals surface area contributed by atoms with E-state index in [2.05, 4.69) is 18.8 Å². The molecule has 0 aliphatic rings. The quantitative estimate of drug-likeness (QED) is 0.899. The minimum Gasteiger partial charge on any atom is -0.487 e. The molecule has 0 radical (unpaired) electrons. The number of carbonyl (C=O) groups is 1. The van der Waals surface area contributed by atoms with Gasteiger partial charge in [-0.25, -0.2) is 9.78 Å². The number of benzene rings is 1. The highest BCUT2D eigenvalue weighted by molar-refractivity contribution is 7.09. The van der Waals surface area contributed by atoms with Gasteiger partial charge < -0.3 is 9.84 Å². The molecule has 20 heavy (non-hydrogen) atoms. The maximum Gasteiger partial charge on any atom is 0.337 e. The SMILES string of the molecule is CC(C)c1nc(COc2ccc(Cl)c(C(=O)O)c2)cs1. The number of hydrogen-bond donors (Lipinski definition) is 1. The molecule has 1 aromatic heterocycles. The van der Waals surface area contributed by atoms with Crippen molar-refractivity contribution in [1.82, 2.24) is 4.98 Å². The molecular formula is C14H14ClNO3S. The van der Waals surface area contributed by atoms with Crippen molar-refractivity contribution in [2.75, 3.05) is 0 Å². The van der Waals surface area contributed by atoms with Gasteiger partial charge in [-0.3, -0.25) is 0 Å². The van der Waals surface area contributed by atoms with Crippen LogP contribution in [0.3, 0.4) is 0 Å². The number of halogens is 1. The molecule has 0 aliphatic heterocycles. The topological polar surface area (TPSA) is 59.4 Å². The lowest BCUT2D eigenvalue weighted by Gasteiger charge is -2.06. The molecule has 0 spiro atoms. The molecule has 0 atom stereocenters. The van der Waals surface area contributed by atoms with E-state index in [-0.39, 0.29) is 10.6 Å². The molecule has 106 valence electrons. The molecule has 1 N–H and O–H groups in total. The number of rotatable bonds is 5. The lowest BCUT2D eigenvalue weighted by molar-refractivity contribution is 0.0696. The highest BCUT2D eigenvalue weighted by Gasteiger charge is 2.11. The van der Waals surface area contributed by atoms with Gasteiger partial charge in [-0.2, -0.15) is 0 Å². The summed E-state index contributed by atoms with van der Waals surface area (Å²) in [6, 6.07) is 4.58. The van der Waals surface area contributed by atoms with Gasteiger partial charge in [0.15, 0.2) is 0 Å². The summed E-state index contributed by atoms with van der Waals surface area (Å²) in [6.07, 6.45) is 0. The Kier molecular flexibility index (Phi) is 4.62. The summed E-state index contributed by atoms with van der Waals surface area (Å²) in [4.78, 5) is 15.4. The molecule has 2 aromatic rings. The summed E-state index contributed by atoms with van der Waals surface area (Å²) in [5.74, 6) is -0.218. The van der Waals surface area contributed by atoms with Crippen molar-refractivity contribution in [2.45, 2.75) is 26.4 Å². The zero-order valence-corrected chi connectivity index (χ0v) is 12.7. The van der Waals surface area contributed by atoms with Crippen LogP contribution in [-0.2, 0) is 6.61 Å². The summed E-state index contributed by atoms with van der Waals surface area (Å²) in [5, 5.41) is 12.2. The third-order valence-corrected chi connectivity index (χ3v) is 4.14. The summed E-state index contributed by atoms with van der Waals surface area (Å²) in [7, 11) is 0. The minimum atomic E-state index is -1.07. The Morgan fingerprint density at radius 1 is 1.50 bits per heavy atom. The number of carboxylic acids is 1. The molecule has 1 heterocycles. The second-order valence-electron chi connectivity index (χ2n) is 4.57. The van der Waals surface area contributed by atoms with Gasteiger partial charge in [0, 0.05) is 11.3 Å². The molecule has 0 unspecified atom stereocenters. The lowest BCUT2D eigenvalue weighted by atomic mass is 10.2. The fourth-order valence-electron chi connectivity index (χ4n) is 1.57. The van der Waals surface area contributed by atoms with E-state index in [1.165, 1.54) is 12.1 Å². The van der Waals surface area contributed by atoms with Crippen molar-refractivity contribution in [3.8, 4) is 5.75 Å². The molecule has 1 aromatic carbocycles. The Morgan fingerprint density at radius 3 is 2.85 bits per heavy atom. The Balaban J connectivity index is 2.06. The first kappa shape index (κ1) is 14.8. The maximum atomic E-state index is 11.0. The number of hydrogen-bond acceptors (Lipinski definition) is 4. The van der Waals surface area contributed by atoms with Crippen molar-refractivity contribution in [3.63, 3.8) is 0 Å². The van der Waals surface area contributed by atoms with Crippen LogP contribution in [0.5, 0.6) is 5.75 Å². The predicted molar refractivity (Wildman–Crippen MR) is 78.9 cm³/mol. The van der Waals surface area contributed by atoms with E-state index in [0.717, 1.165) is 10.7 Å². The zero-order valence-electron chi connectivity index (χ0n) is 11.1. The fraction of sp³-hybridized carbons (Fsp3) is 0.286. The third kappa shape index (κ3) is 3.49. The fourth-order valence-corrected chi connectivity index (χ4v) is 2.59. The molecule has 0 saturated carbocycles. The van der Waals surface area contributed by atoms with Crippen LogP contribution >= 0.6 is 22.9 Å². The molecule has 2 rings (SSSR count). The molecule has 6 heteroatoms. The van der Waals surface area contributed by atoms with Crippen LogP contribution in [-0.4, -0.2) is 16.1 Å². The molecule has 0 fully saturated rings. The molecule has 0 bridgehead atoms. The minimum absolute atomic E-state index is 0.0327. The van der Waals surface area contributed by atoms with E-state index in [1.54, 1.807) is 17.4 Å². The summed E-state index contributed by atoms with van der Waals surface area (Å²) in [5.41, 5.74) is 0.871. The largest absolute Gasteiger partial charge is 0.487 e. The second kappa shape index (κ2) is 6.24. The van der Waals surface area contributed by atoms with Crippen molar-refractivity contribution in [1.29, 1.82) is 0 Å². The van der Waals surface area contributed by atoms with Crippen LogP contribution in [0.15, 0.2) is 23.6 Å². The third-order valence-electron chi connectivity index (χ3n) is 2.62. The van der Waals surface area contributed by atoms with E-state index >= 15 is 0 Å². The Bertz CT molecular complexity index is 625. The lowest BCUT2D eigenvalue weighted by Crippen LogP contribution is -2.00. The molecular weight excluding hydrogens is 298 g/mol. The molecule has 0 saturated heterocycles. The summed E-state index contributed by atoms with van der Waals surface area (Å²) < 4.78 is 5.55. The zero-order chi connectivity index (χ0) is 14.7. The van der Waals surface area contributed by atoms with Crippen molar-refractivity contribution in [2.24, 2.45) is 0 Å². The molecule has 4 nitrogen and oxygen atoms in total. The van der Waals surface area contributed by atoms with Crippen molar-refractivity contribution < 1.29 is 14.6 Å². The normalized spacial score (nSPS) is 10.8. The molecule has 0 amide bonds. The van der Waals surface area contributed by atoms with Crippen molar-refractivity contribution in [3.05, 3.63) is 44.9 Å². The van der Waals surface area contributed by atoms with Crippen LogP contribution in [0.4, 0.5) is 0 Å². The first-order valence-electron chi connectivity index (χ1n) is 6.07. The number of nitrogens with zero attached hydrogens (tertiary/aromatic N) is 1. The van der Waals surface area contributed by atoms with Gasteiger partial charge in [-0.1, -0.05) is 25.4 Å². The van der Waals surface area contributed by atoms with Crippen LogP contribution in [0.2, 0.25) is 5.02 Å². The van der Waals surface area contributed by atoms with E-state index in [0.29, 0.717) is 18.3 Å². The van der Waals surface area contributed by atoms with Gasteiger partial charge in [0.05, 0.1) is 21.3 Å². The first-order valence-corrected chi connectivity index (χ1v) is 7.33. The number of carboxylic acid groups (broad SMARTS) is 1. The maximum absolute atomic E-state index is 11.0. The average Bonchev–Trinajstić information content (AvgIpc) is 2.86. The van der Waals surface area contributed by atoms with Gasteiger partial charge >= 0.3 is 5.97 Å². The predicted octanol–water partition coefficient (Wildman–Crippen LogP) is 4.20. The highest BCUT2D eigenvalue weighted by Crippen LogP contribution is 2.24. The smallest absolute Gasteiger partial charge is 0.337 e. The van der Waals surface area contributed by atoms with E-state index in [9.17, 15) is 4.79 Å². The van der Waals surface area contributed by atoms with Gasteiger partial charge in [0.2, 0.25) is 0 Å². The van der Waals surface area contributed by atoms with E-state index in [1.807, 2.05) is 5.38 Å². The number of aromatic nitrogens is 1. The molecule has 0 aliphatic carbocycles. The first-order chi connectivity index (χ1) is 9.47. The monoisotopic (exact) mass is 311 g/mol.